The van der Waals surface area contributed by atoms with Crippen LogP contribution in [0.15, 0.2) is 24.4 Å². The fraction of sp³-hybridized carbons (Fsp3) is 0.400. The Labute approximate surface area is 112 Å². The number of hydrogen-bond donors (Lipinski definition) is 3. The lowest BCUT2D eigenvalue weighted by atomic mass is 9.83. The highest BCUT2D eigenvalue weighted by Crippen LogP contribution is 2.28. The molecule has 0 bridgehead atoms. The number of rotatable bonds is 4. The summed E-state index contributed by atoms with van der Waals surface area (Å²) in [7, 11) is 0. The van der Waals surface area contributed by atoms with Gasteiger partial charge in [0.2, 0.25) is 0 Å². The number of H-pyrrole nitrogens is 1. The first-order valence-corrected chi connectivity index (χ1v) is 6.89. The maximum absolute atomic E-state index is 12.1. The molecule has 1 amide bonds. The van der Waals surface area contributed by atoms with Crippen LogP contribution in [0.1, 0.15) is 36.0 Å². The third kappa shape index (κ3) is 2.43. The standard InChI is InChI=1S/C15H19N3O/c16-11-4-5-12-13(9-18-14(12)8-11)15(19)17-7-6-10-2-1-3-10/h4-5,8-10,18H,1-3,6-7,16H2,(H,17,19). The molecule has 1 heterocycles. The van der Waals surface area contributed by atoms with Crippen molar-refractivity contribution in [1.29, 1.82) is 0 Å². The van der Waals surface area contributed by atoms with Crippen LogP contribution in [-0.2, 0) is 0 Å². The van der Waals surface area contributed by atoms with Gasteiger partial charge in [0.1, 0.15) is 0 Å². The topological polar surface area (TPSA) is 70.9 Å². The van der Waals surface area contributed by atoms with Gasteiger partial charge in [0.25, 0.3) is 5.91 Å². The smallest absolute Gasteiger partial charge is 0.253 e. The number of amides is 1. The molecule has 4 nitrogen and oxygen atoms in total. The molecule has 1 aromatic heterocycles. The van der Waals surface area contributed by atoms with Crippen LogP contribution in [0.25, 0.3) is 10.9 Å². The van der Waals surface area contributed by atoms with E-state index < -0.39 is 0 Å². The minimum Gasteiger partial charge on any atom is -0.399 e. The molecule has 0 aliphatic heterocycles. The van der Waals surface area contributed by atoms with E-state index in [0.717, 1.165) is 29.8 Å². The number of hydrogen-bond acceptors (Lipinski definition) is 2. The van der Waals surface area contributed by atoms with Gasteiger partial charge in [-0.05, 0) is 30.5 Å². The molecule has 4 heteroatoms. The van der Waals surface area contributed by atoms with Crippen LogP contribution in [0.4, 0.5) is 5.69 Å². The lowest BCUT2D eigenvalue weighted by Crippen LogP contribution is -2.27. The highest BCUT2D eigenvalue weighted by Gasteiger charge is 2.17. The highest BCUT2D eigenvalue weighted by atomic mass is 16.1. The summed E-state index contributed by atoms with van der Waals surface area (Å²) in [4.78, 5) is 15.2. The number of benzene rings is 1. The van der Waals surface area contributed by atoms with Crippen molar-refractivity contribution < 1.29 is 4.79 Å². The van der Waals surface area contributed by atoms with Crippen molar-refractivity contribution in [2.75, 3.05) is 12.3 Å². The minimum atomic E-state index is -0.00431. The van der Waals surface area contributed by atoms with Gasteiger partial charge in [-0.2, -0.15) is 0 Å². The number of aromatic nitrogens is 1. The Morgan fingerprint density at radius 2 is 2.26 bits per heavy atom. The predicted molar refractivity (Wildman–Crippen MR) is 77.0 cm³/mol. The van der Waals surface area contributed by atoms with E-state index in [9.17, 15) is 4.79 Å². The van der Waals surface area contributed by atoms with E-state index in [1.165, 1.54) is 19.3 Å². The second-order valence-electron chi connectivity index (χ2n) is 5.35. The lowest BCUT2D eigenvalue weighted by Gasteiger charge is -2.25. The van der Waals surface area contributed by atoms with Gasteiger partial charge in [-0.3, -0.25) is 4.79 Å². The van der Waals surface area contributed by atoms with Gasteiger partial charge in [-0.25, -0.2) is 0 Å². The summed E-state index contributed by atoms with van der Waals surface area (Å²) in [6, 6.07) is 5.56. The molecule has 4 N–H and O–H groups in total. The molecule has 1 aliphatic carbocycles. The van der Waals surface area contributed by atoms with Crippen molar-refractivity contribution in [3.63, 3.8) is 0 Å². The normalized spacial score (nSPS) is 15.4. The molecule has 19 heavy (non-hydrogen) atoms. The molecular weight excluding hydrogens is 238 g/mol. The van der Waals surface area contributed by atoms with E-state index in [1.807, 2.05) is 18.2 Å². The molecule has 1 fully saturated rings. The van der Waals surface area contributed by atoms with Gasteiger partial charge in [-0.1, -0.05) is 19.3 Å². The molecule has 2 aromatic rings. The zero-order valence-electron chi connectivity index (χ0n) is 10.9. The fourth-order valence-electron chi connectivity index (χ4n) is 2.60. The SMILES string of the molecule is Nc1ccc2c(C(=O)NCCC3CCC3)c[nH]c2c1. The van der Waals surface area contributed by atoms with E-state index in [0.29, 0.717) is 11.3 Å². The number of carbonyl (C=O) groups excluding carboxylic acids is 1. The summed E-state index contributed by atoms with van der Waals surface area (Å²) < 4.78 is 0. The Balaban J connectivity index is 1.67. The first-order chi connectivity index (χ1) is 9.24. The maximum atomic E-state index is 12.1. The number of nitrogen functional groups attached to an aromatic ring is 1. The van der Waals surface area contributed by atoms with E-state index in [4.69, 9.17) is 5.73 Å². The summed E-state index contributed by atoms with van der Waals surface area (Å²) in [6.07, 6.45) is 6.84. The van der Waals surface area contributed by atoms with Crippen LogP contribution in [0.3, 0.4) is 0 Å². The van der Waals surface area contributed by atoms with Crippen molar-refractivity contribution in [3.05, 3.63) is 30.0 Å². The van der Waals surface area contributed by atoms with Crippen LogP contribution in [0.5, 0.6) is 0 Å². The van der Waals surface area contributed by atoms with Gasteiger partial charge < -0.3 is 16.0 Å². The number of nitrogens with one attached hydrogen (secondary N) is 2. The molecule has 0 saturated heterocycles. The summed E-state index contributed by atoms with van der Waals surface area (Å²) >= 11 is 0. The number of anilines is 1. The van der Waals surface area contributed by atoms with Crippen molar-refractivity contribution in [1.82, 2.24) is 10.3 Å². The first kappa shape index (κ1) is 12.1. The number of fused-ring (bicyclic) bond motifs is 1. The molecule has 0 atom stereocenters. The highest BCUT2D eigenvalue weighted by molar-refractivity contribution is 6.07. The van der Waals surface area contributed by atoms with E-state index in [-0.39, 0.29) is 5.91 Å². The van der Waals surface area contributed by atoms with Crippen LogP contribution < -0.4 is 11.1 Å². The van der Waals surface area contributed by atoms with Gasteiger partial charge in [-0.15, -0.1) is 0 Å². The predicted octanol–water partition coefficient (Wildman–Crippen LogP) is 2.67. The minimum absolute atomic E-state index is 0.00431. The summed E-state index contributed by atoms with van der Waals surface area (Å²) in [5.74, 6) is 0.818. The Kier molecular flexibility index (Phi) is 3.15. The maximum Gasteiger partial charge on any atom is 0.253 e. The van der Waals surface area contributed by atoms with Crippen LogP contribution in [0.2, 0.25) is 0 Å². The molecule has 0 spiro atoms. The lowest BCUT2D eigenvalue weighted by molar-refractivity contribution is 0.0950. The Morgan fingerprint density at radius 1 is 1.42 bits per heavy atom. The Bertz CT molecular complexity index is 598. The van der Waals surface area contributed by atoms with Gasteiger partial charge in [0.05, 0.1) is 5.56 Å². The van der Waals surface area contributed by atoms with Crippen LogP contribution in [0, 0.1) is 5.92 Å². The third-order valence-electron chi connectivity index (χ3n) is 4.01. The van der Waals surface area contributed by atoms with Crippen LogP contribution >= 0.6 is 0 Å². The molecule has 1 aromatic carbocycles. The van der Waals surface area contributed by atoms with Crippen molar-refractivity contribution >= 4 is 22.5 Å². The zero-order valence-corrected chi connectivity index (χ0v) is 10.9. The van der Waals surface area contributed by atoms with Gasteiger partial charge >= 0.3 is 0 Å². The Morgan fingerprint density at radius 3 is 3.00 bits per heavy atom. The average molecular weight is 257 g/mol. The molecule has 3 rings (SSSR count). The van der Waals surface area contributed by atoms with E-state index in [2.05, 4.69) is 10.3 Å². The average Bonchev–Trinajstić information content (AvgIpc) is 2.74. The van der Waals surface area contributed by atoms with Crippen molar-refractivity contribution in [2.24, 2.45) is 5.92 Å². The summed E-state index contributed by atoms with van der Waals surface area (Å²) in [5.41, 5.74) is 8.03. The van der Waals surface area contributed by atoms with Gasteiger partial charge in [0.15, 0.2) is 0 Å². The first-order valence-electron chi connectivity index (χ1n) is 6.89. The van der Waals surface area contributed by atoms with E-state index >= 15 is 0 Å². The quantitative estimate of drug-likeness (QED) is 0.737. The molecule has 0 unspecified atom stereocenters. The second-order valence-corrected chi connectivity index (χ2v) is 5.35. The van der Waals surface area contributed by atoms with E-state index in [1.54, 1.807) is 6.20 Å². The largest absolute Gasteiger partial charge is 0.399 e. The summed E-state index contributed by atoms with van der Waals surface area (Å²) in [5, 5.41) is 3.93. The molecule has 100 valence electrons. The molecule has 1 aliphatic rings. The van der Waals surface area contributed by atoms with Crippen LogP contribution in [-0.4, -0.2) is 17.4 Å². The number of nitrogens with two attached hydrogens (primary N) is 1. The zero-order chi connectivity index (χ0) is 13.2. The molecule has 1 saturated carbocycles. The number of aromatic amines is 1. The third-order valence-corrected chi connectivity index (χ3v) is 4.01. The second kappa shape index (κ2) is 4.96. The molecule has 0 radical (unpaired) electrons. The Hall–Kier alpha value is -1.97. The monoisotopic (exact) mass is 257 g/mol. The fourth-order valence-corrected chi connectivity index (χ4v) is 2.60. The van der Waals surface area contributed by atoms with Crippen molar-refractivity contribution in [3.8, 4) is 0 Å². The summed E-state index contributed by atoms with van der Waals surface area (Å²) in [6.45, 7) is 0.769. The van der Waals surface area contributed by atoms with Crippen molar-refractivity contribution in [2.45, 2.75) is 25.7 Å². The van der Waals surface area contributed by atoms with Gasteiger partial charge in [0, 0.05) is 29.3 Å². The molecular formula is C15H19N3O. The number of carbonyl (C=O) groups is 1.